The Hall–Kier alpha value is -0.290. The van der Waals surface area contributed by atoms with Crippen LogP contribution in [0.1, 0.15) is 52.5 Å². The first-order valence-electron chi connectivity index (χ1n) is 9.93. The molecule has 162 valence electrons. The first-order chi connectivity index (χ1) is 13.7. The summed E-state index contributed by atoms with van der Waals surface area (Å²) in [5.41, 5.74) is 1.04. The molecule has 2 aliphatic rings. The average Bonchev–Trinajstić information content (AvgIpc) is 3.10. The van der Waals surface area contributed by atoms with E-state index in [1.54, 1.807) is 13.8 Å². The standard InChI is InChI=1S/C21H28ClIO6/c1-5-6-11-16(28-22)17-18(25-12-14-9-7-8-10-15(14)23)19-21(26-17,13(2)24)29-20(3,4)27-19/h7-10,16-19H,5-6,11-12H2,1-4H3/t16-,17+,18-,19+,21+/m0/s1. The fraction of sp³-hybridized carbons (Fsp3) is 0.667. The van der Waals surface area contributed by atoms with E-state index < -0.39 is 36.0 Å². The lowest BCUT2D eigenvalue weighted by Crippen LogP contribution is -2.47. The van der Waals surface area contributed by atoms with Crippen molar-refractivity contribution in [3.8, 4) is 0 Å². The van der Waals surface area contributed by atoms with Gasteiger partial charge in [-0.2, -0.15) is 0 Å². The van der Waals surface area contributed by atoms with Crippen LogP contribution in [0.4, 0.5) is 0 Å². The molecule has 29 heavy (non-hydrogen) atoms. The second-order valence-electron chi connectivity index (χ2n) is 7.98. The molecule has 2 heterocycles. The van der Waals surface area contributed by atoms with Gasteiger partial charge in [0, 0.05) is 10.5 Å². The van der Waals surface area contributed by atoms with Gasteiger partial charge in [-0.15, -0.1) is 0 Å². The van der Waals surface area contributed by atoms with E-state index in [1.807, 2.05) is 24.3 Å². The number of Topliss-reactive ketones (excluding diaryl/α,β-unsaturated/α-hetero) is 1. The van der Waals surface area contributed by atoms with Gasteiger partial charge < -0.3 is 18.9 Å². The molecule has 0 spiro atoms. The van der Waals surface area contributed by atoms with Gasteiger partial charge in [-0.05, 0) is 54.5 Å². The van der Waals surface area contributed by atoms with Crippen molar-refractivity contribution in [1.82, 2.24) is 0 Å². The molecule has 0 aliphatic carbocycles. The summed E-state index contributed by atoms with van der Waals surface area (Å²) in [5, 5.41) is 0. The van der Waals surface area contributed by atoms with Gasteiger partial charge in [0.05, 0.1) is 18.5 Å². The van der Waals surface area contributed by atoms with Gasteiger partial charge in [0.1, 0.15) is 18.3 Å². The summed E-state index contributed by atoms with van der Waals surface area (Å²) in [6.07, 6.45) is 0.246. The van der Waals surface area contributed by atoms with Gasteiger partial charge in [-0.25, -0.2) is 0 Å². The number of halogens is 2. The maximum Gasteiger partial charge on any atom is 0.261 e. The Morgan fingerprint density at radius 3 is 2.66 bits per heavy atom. The van der Waals surface area contributed by atoms with Crippen LogP contribution in [0.15, 0.2) is 24.3 Å². The first kappa shape index (κ1) is 23.4. The van der Waals surface area contributed by atoms with Crippen molar-refractivity contribution in [2.75, 3.05) is 0 Å². The van der Waals surface area contributed by atoms with Gasteiger partial charge in [0.25, 0.3) is 5.79 Å². The van der Waals surface area contributed by atoms with E-state index in [4.69, 9.17) is 35.1 Å². The number of ketones is 1. The molecule has 0 amide bonds. The molecule has 0 saturated carbocycles. The quantitative estimate of drug-likeness (QED) is 0.423. The summed E-state index contributed by atoms with van der Waals surface area (Å²) in [5.74, 6) is -2.75. The monoisotopic (exact) mass is 538 g/mol. The Morgan fingerprint density at radius 1 is 1.31 bits per heavy atom. The fourth-order valence-corrected chi connectivity index (χ4v) is 4.67. The summed E-state index contributed by atoms with van der Waals surface area (Å²) in [4.78, 5) is 12.6. The maximum absolute atomic E-state index is 12.6. The molecule has 6 nitrogen and oxygen atoms in total. The number of hydrogen-bond acceptors (Lipinski definition) is 6. The van der Waals surface area contributed by atoms with Crippen LogP contribution in [-0.2, 0) is 34.6 Å². The predicted molar refractivity (Wildman–Crippen MR) is 116 cm³/mol. The number of carbonyl (C=O) groups excluding carboxylic acids is 1. The zero-order valence-electron chi connectivity index (χ0n) is 17.2. The number of hydrogen-bond donors (Lipinski definition) is 0. The molecule has 0 bridgehead atoms. The molecule has 2 aliphatic heterocycles. The lowest BCUT2D eigenvalue weighted by atomic mass is 9.97. The number of ether oxygens (including phenoxy) is 4. The topological polar surface area (TPSA) is 63.2 Å². The van der Waals surface area contributed by atoms with E-state index in [0.29, 0.717) is 13.0 Å². The third-order valence-electron chi connectivity index (χ3n) is 5.32. The van der Waals surface area contributed by atoms with Crippen LogP contribution in [0.3, 0.4) is 0 Å². The SMILES string of the molecule is CCCC[C@H](OCl)[C@H]1O[C@]2(C(C)=O)OC(C)(C)O[C@@H]2[C@H]1OCc1ccccc1I. The van der Waals surface area contributed by atoms with Crippen molar-refractivity contribution in [2.24, 2.45) is 0 Å². The van der Waals surface area contributed by atoms with E-state index in [2.05, 4.69) is 29.5 Å². The highest BCUT2D eigenvalue weighted by Gasteiger charge is 2.69. The van der Waals surface area contributed by atoms with Crippen LogP contribution in [0.2, 0.25) is 0 Å². The van der Waals surface area contributed by atoms with E-state index in [9.17, 15) is 4.79 Å². The van der Waals surface area contributed by atoms with Crippen LogP contribution in [-0.4, -0.2) is 41.8 Å². The molecule has 0 aromatic heterocycles. The van der Waals surface area contributed by atoms with Crippen LogP contribution >= 0.6 is 34.5 Å². The molecule has 2 fully saturated rings. The highest BCUT2D eigenvalue weighted by molar-refractivity contribution is 14.1. The molecule has 0 unspecified atom stereocenters. The molecule has 1 aromatic carbocycles. The zero-order valence-corrected chi connectivity index (χ0v) is 20.1. The molecule has 0 N–H and O–H groups in total. The Balaban J connectivity index is 1.90. The van der Waals surface area contributed by atoms with Crippen molar-refractivity contribution in [3.63, 3.8) is 0 Å². The second-order valence-corrected chi connectivity index (χ2v) is 9.32. The lowest BCUT2D eigenvalue weighted by Gasteiger charge is -2.30. The van der Waals surface area contributed by atoms with E-state index in [-0.39, 0.29) is 5.78 Å². The minimum absolute atomic E-state index is 0.262. The highest BCUT2D eigenvalue weighted by atomic mass is 127. The molecule has 8 heteroatoms. The molecule has 0 radical (unpaired) electrons. The molecule has 3 rings (SSSR count). The van der Waals surface area contributed by atoms with Crippen LogP contribution in [0.25, 0.3) is 0 Å². The summed E-state index contributed by atoms with van der Waals surface area (Å²) in [6.45, 7) is 7.41. The Bertz CT molecular complexity index is 729. The van der Waals surface area contributed by atoms with Crippen molar-refractivity contribution in [2.45, 2.75) is 89.6 Å². The van der Waals surface area contributed by atoms with Crippen molar-refractivity contribution < 1.29 is 28.0 Å². The molecule has 2 saturated heterocycles. The van der Waals surface area contributed by atoms with Crippen molar-refractivity contribution in [1.29, 1.82) is 0 Å². The summed E-state index contributed by atoms with van der Waals surface area (Å²) >= 11 is 8.10. The zero-order chi connectivity index (χ0) is 21.2. The van der Waals surface area contributed by atoms with Crippen LogP contribution in [0.5, 0.6) is 0 Å². The van der Waals surface area contributed by atoms with Crippen LogP contribution in [0, 0.1) is 3.57 Å². The second kappa shape index (κ2) is 9.46. The van der Waals surface area contributed by atoms with E-state index >= 15 is 0 Å². The third kappa shape index (κ3) is 4.81. The van der Waals surface area contributed by atoms with Crippen molar-refractivity contribution in [3.05, 3.63) is 33.4 Å². The average molecular weight is 539 g/mol. The van der Waals surface area contributed by atoms with E-state index in [1.165, 1.54) is 6.92 Å². The van der Waals surface area contributed by atoms with Crippen LogP contribution < -0.4 is 0 Å². The van der Waals surface area contributed by atoms with Gasteiger partial charge in [0.15, 0.2) is 17.7 Å². The summed E-state index contributed by atoms with van der Waals surface area (Å²) < 4.78 is 30.9. The van der Waals surface area contributed by atoms with Gasteiger partial charge in [-0.3, -0.25) is 9.08 Å². The lowest BCUT2D eigenvalue weighted by molar-refractivity contribution is -0.262. The maximum atomic E-state index is 12.6. The minimum atomic E-state index is -1.53. The van der Waals surface area contributed by atoms with Gasteiger partial charge in [-0.1, -0.05) is 38.0 Å². The summed E-state index contributed by atoms with van der Waals surface area (Å²) in [7, 11) is 0. The molecule has 1 aromatic rings. The number of unbranched alkanes of at least 4 members (excludes halogenated alkanes) is 1. The first-order valence-corrected chi connectivity index (χ1v) is 11.3. The number of rotatable bonds is 9. The minimum Gasteiger partial charge on any atom is -0.368 e. The Morgan fingerprint density at radius 2 is 2.03 bits per heavy atom. The fourth-order valence-electron chi connectivity index (χ4n) is 3.94. The Labute approximate surface area is 190 Å². The smallest absolute Gasteiger partial charge is 0.261 e. The molecular formula is C21H28ClIO6. The highest BCUT2D eigenvalue weighted by Crippen LogP contribution is 2.48. The molecular weight excluding hydrogens is 511 g/mol. The third-order valence-corrected chi connectivity index (χ3v) is 6.60. The summed E-state index contributed by atoms with van der Waals surface area (Å²) in [6, 6.07) is 7.97. The largest absolute Gasteiger partial charge is 0.368 e. The number of carbonyl (C=O) groups is 1. The number of fused-ring (bicyclic) bond motifs is 1. The van der Waals surface area contributed by atoms with E-state index in [0.717, 1.165) is 22.0 Å². The molecule has 5 atom stereocenters. The van der Waals surface area contributed by atoms with Gasteiger partial charge in [0.2, 0.25) is 0 Å². The number of benzene rings is 1. The Kier molecular flexibility index (Phi) is 7.63. The normalized spacial score (nSPS) is 31.6. The van der Waals surface area contributed by atoms with Gasteiger partial charge >= 0.3 is 0 Å². The van der Waals surface area contributed by atoms with Crippen molar-refractivity contribution >= 4 is 40.2 Å². The predicted octanol–water partition coefficient (Wildman–Crippen LogP) is 4.74.